The van der Waals surface area contributed by atoms with Crippen molar-refractivity contribution in [2.45, 2.75) is 19.2 Å². The van der Waals surface area contributed by atoms with E-state index in [1.807, 2.05) is 6.92 Å². The lowest BCUT2D eigenvalue weighted by molar-refractivity contribution is 0.468. The number of nitrogens with two attached hydrogens (primary N) is 1. The zero-order valence-electron chi connectivity index (χ0n) is 11.4. The van der Waals surface area contributed by atoms with Crippen molar-refractivity contribution < 1.29 is 8.42 Å². The summed E-state index contributed by atoms with van der Waals surface area (Å²) < 4.78 is 26.0. The van der Waals surface area contributed by atoms with Crippen molar-refractivity contribution >= 4 is 27.0 Å². The number of aromatic nitrogens is 1. The summed E-state index contributed by atoms with van der Waals surface area (Å²) in [5, 5.41) is 0. The fraction of sp³-hybridized carbons (Fsp3) is 0.308. The van der Waals surface area contributed by atoms with Crippen molar-refractivity contribution in [2.24, 2.45) is 0 Å². The fourth-order valence-electron chi connectivity index (χ4n) is 1.71. The molecule has 0 spiro atoms. The second-order valence-corrected chi connectivity index (χ2v) is 7.63. The van der Waals surface area contributed by atoms with Gasteiger partial charge in [-0.25, -0.2) is 13.4 Å². The molecule has 0 unspecified atom stereocenters. The number of aryl methyl sites for hydroxylation is 1. The molecule has 5 nitrogen and oxygen atoms in total. The molecule has 1 aromatic carbocycles. The number of nitrogens with zero attached hydrogens (tertiary/aromatic N) is 2. The third-order valence-electron chi connectivity index (χ3n) is 3.01. The molecule has 20 heavy (non-hydrogen) atoms. The zero-order chi connectivity index (χ0) is 14.8. The van der Waals surface area contributed by atoms with Crippen LogP contribution in [0.5, 0.6) is 0 Å². The van der Waals surface area contributed by atoms with Crippen LogP contribution in [0, 0.1) is 6.92 Å². The number of anilines is 1. The second-order valence-electron chi connectivity index (χ2n) is 4.61. The van der Waals surface area contributed by atoms with E-state index < -0.39 is 10.0 Å². The van der Waals surface area contributed by atoms with Crippen molar-refractivity contribution in [1.29, 1.82) is 0 Å². The molecule has 0 radical (unpaired) electrons. The molecule has 0 fully saturated rings. The average molecular weight is 311 g/mol. The standard InChI is InChI=1S/C13H17N3O2S2/c1-10-13(19-9-15-10)7-16(2)20(17,18)8-11-3-5-12(14)6-4-11/h3-6,9H,7-8,14H2,1-2H3. The second kappa shape index (κ2) is 5.90. The topological polar surface area (TPSA) is 76.3 Å². The van der Waals surface area contributed by atoms with Gasteiger partial charge in [-0.1, -0.05) is 12.1 Å². The van der Waals surface area contributed by atoms with E-state index in [2.05, 4.69) is 4.98 Å². The molecule has 0 aliphatic rings. The van der Waals surface area contributed by atoms with E-state index in [-0.39, 0.29) is 5.75 Å². The third-order valence-corrected chi connectivity index (χ3v) is 5.71. The molecule has 0 aliphatic heterocycles. The minimum absolute atomic E-state index is 0.0262. The van der Waals surface area contributed by atoms with Gasteiger partial charge in [0.15, 0.2) is 0 Å². The molecule has 0 saturated heterocycles. The quantitative estimate of drug-likeness (QED) is 0.857. The van der Waals surface area contributed by atoms with Crippen LogP contribution in [-0.2, 0) is 22.3 Å². The lowest BCUT2D eigenvalue weighted by Crippen LogP contribution is -2.27. The van der Waals surface area contributed by atoms with Gasteiger partial charge in [0, 0.05) is 24.2 Å². The predicted octanol–water partition coefficient (Wildman–Crippen LogP) is 2.00. The maximum Gasteiger partial charge on any atom is 0.218 e. The first-order valence-electron chi connectivity index (χ1n) is 6.06. The van der Waals surface area contributed by atoms with Crippen molar-refractivity contribution in [3.05, 3.63) is 45.9 Å². The van der Waals surface area contributed by atoms with Crippen LogP contribution in [-0.4, -0.2) is 24.8 Å². The highest BCUT2D eigenvalue weighted by Gasteiger charge is 2.20. The van der Waals surface area contributed by atoms with Crippen LogP contribution in [0.25, 0.3) is 0 Å². The zero-order valence-corrected chi connectivity index (χ0v) is 13.0. The van der Waals surface area contributed by atoms with Gasteiger partial charge >= 0.3 is 0 Å². The highest BCUT2D eigenvalue weighted by molar-refractivity contribution is 7.88. The Balaban J connectivity index is 2.09. The minimum Gasteiger partial charge on any atom is -0.399 e. The Bertz CT molecular complexity index is 678. The largest absolute Gasteiger partial charge is 0.399 e. The first-order valence-corrected chi connectivity index (χ1v) is 8.55. The number of sulfonamides is 1. The van der Waals surface area contributed by atoms with Gasteiger partial charge in [0.1, 0.15) is 0 Å². The molecular formula is C13H17N3O2S2. The molecule has 1 aromatic heterocycles. The Morgan fingerprint density at radius 3 is 2.50 bits per heavy atom. The number of hydrogen-bond donors (Lipinski definition) is 1. The van der Waals surface area contributed by atoms with Gasteiger partial charge in [0.25, 0.3) is 0 Å². The molecule has 7 heteroatoms. The summed E-state index contributed by atoms with van der Waals surface area (Å²) >= 11 is 1.47. The van der Waals surface area contributed by atoms with E-state index >= 15 is 0 Å². The lowest BCUT2D eigenvalue weighted by atomic mass is 10.2. The monoisotopic (exact) mass is 311 g/mol. The summed E-state index contributed by atoms with van der Waals surface area (Å²) in [5.41, 5.74) is 9.55. The smallest absolute Gasteiger partial charge is 0.218 e. The van der Waals surface area contributed by atoms with Gasteiger partial charge in [-0.15, -0.1) is 11.3 Å². The first kappa shape index (κ1) is 15.0. The summed E-state index contributed by atoms with van der Waals surface area (Å²) in [5.74, 6) is -0.0262. The fourth-order valence-corrected chi connectivity index (χ4v) is 3.78. The predicted molar refractivity (Wildman–Crippen MR) is 81.8 cm³/mol. The van der Waals surface area contributed by atoms with E-state index in [9.17, 15) is 8.42 Å². The van der Waals surface area contributed by atoms with E-state index in [0.717, 1.165) is 16.1 Å². The summed E-state index contributed by atoms with van der Waals surface area (Å²) in [7, 11) is -1.76. The number of hydrogen-bond acceptors (Lipinski definition) is 5. The summed E-state index contributed by atoms with van der Waals surface area (Å²) in [6.07, 6.45) is 0. The molecule has 0 bridgehead atoms. The van der Waals surface area contributed by atoms with Crippen LogP contribution in [0.3, 0.4) is 0 Å². The van der Waals surface area contributed by atoms with Gasteiger partial charge in [-0.2, -0.15) is 4.31 Å². The summed E-state index contributed by atoms with van der Waals surface area (Å²) in [6, 6.07) is 6.88. The van der Waals surface area contributed by atoms with E-state index in [0.29, 0.717) is 12.2 Å². The first-order chi connectivity index (χ1) is 9.38. The van der Waals surface area contributed by atoms with Crippen LogP contribution in [0.2, 0.25) is 0 Å². The molecule has 0 saturated carbocycles. The lowest BCUT2D eigenvalue weighted by Gasteiger charge is -2.16. The van der Waals surface area contributed by atoms with Crippen molar-refractivity contribution in [3.63, 3.8) is 0 Å². The highest BCUT2D eigenvalue weighted by Crippen LogP contribution is 2.18. The highest BCUT2D eigenvalue weighted by atomic mass is 32.2. The van der Waals surface area contributed by atoms with Crippen LogP contribution in [0.15, 0.2) is 29.8 Å². The molecule has 2 N–H and O–H groups in total. The van der Waals surface area contributed by atoms with Crippen molar-refractivity contribution in [1.82, 2.24) is 9.29 Å². The molecule has 0 atom stereocenters. The molecule has 108 valence electrons. The van der Waals surface area contributed by atoms with Crippen LogP contribution in [0.1, 0.15) is 16.1 Å². The Morgan fingerprint density at radius 2 is 1.95 bits per heavy atom. The van der Waals surface area contributed by atoms with Crippen molar-refractivity contribution in [2.75, 3.05) is 12.8 Å². The van der Waals surface area contributed by atoms with Crippen LogP contribution < -0.4 is 5.73 Å². The Kier molecular flexibility index (Phi) is 4.42. The van der Waals surface area contributed by atoms with Gasteiger partial charge < -0.3 is 5.73 Å². The SMILES string of the molecule is Cc1ncsc1CN(C)S(=O)(=O)Cc1ccc(N)cc1. The van der Waals surface area contributed by atoms with E-state index in [1.165, 1.54) is 15.6 Å². The summed E-state index contributed by atoms with van der Waals surface area (Å²) in [4.78, 5) is 5.09. The Labute approximate surface area is 123 Å². The number of rotatable bonds is 5. The Morgan fingerprint density at radius 1 is 1.30 bits per heavy atom. The van der Waals surface area contributed by atoms with Gasteiger partial charge in [-0.05, 0) is 24.6 Å². The number of thiazole rings is 1. The number of nitrogen functional groups attached to an aromatic ring is 1. The van der Waals surface area contributed by atoms with Crippen LogP contribution >= 0.6 is 11.3 Å². The van der Waals surface area contributed by atoms with Crippen LogP contribution in [0.4, 0.5) is 5.69 Å². The molecule has 0 amide bonds. The third kappa shape index (κ3) is 3.56. The Hall–Kier alpha value is -1.44. The summed E-state index contributed by atoms with van der Waals surface area (Å²) in [6.45, 7) is 2.24. The maximum atomic E-state index is 12.3. The molecule has 1 heterocycles. The van der Waals surface area contributed by atoms with E-state index in [1.54, 1.807) is 36.8 Å². The normalized spacial score (nSPS) is 11.9. The molecule has 2 aromatic rings. The van der Waals surface area contributed by atoms with Gasteiger partial charge in [0.2, 0.25) is 10.0 Å². The number of benzene rings is 1. The molecular weight excluding hydrogens is 294 g/mol. The van der Waals surface area contributed by atoms with Gasteiger partial charge in [-0.3, -0.25) is 0 Å². The average Bonchev–Trinajstić information content (AvgIpc) is 2.78. The molecule has 0 aliphatic carbocycles. The minimum atomic E-state index is -3.35. The van der Waals surface area contributed by atoms with Gasteiger partial charge in [0.05, 0.1) is 17.0 Å². The van der Waals surface area contributed by atoms with E-state index in [4.69, 9.17) is 5.73 Å². The molecule has 2 rings (SSSR count). The maximum absolute atomic E-state index is 12.3. The van der Waals surface area contributed by atoms with Crippen molar-refractivity contribution in [3.8, 4) is 0 Å².